The molecule has 2 aromatic rings. The second kappa shape index (κ2) is 9.32. The topological polar surface area (TPSA) is 85.6 Å². The number of carbonyl (C=O) groups excluding carboxylic acids is 2. The number of rotatable bonds is 6. The zero-order valence-electron chi connectivity index (χ0n) is 18.9. The van der Waals surface area contributed by atoms with Gasteiger partial charge < -0.3 is 15.0 Å². The van der Waals surface area contributed by atoms with Gasteiger partial charge in [0, 0.05) is 33.0 Å². The fourth-order valence-electron chi connectivity index (χ4n) is 5.02. The lowest BCUT2D eigenvalue weighted by Gasteiger charge is -2.33. The average Bonchev–Trinajstić information content (AvgIpc) is 3.33. The Balaban J connectivity index is 1.50. The summed E-state index contributed by atoms with van der Waals surface area (Å²) >= 11 is 0. The molecule has 8 heteroatoms. The quantitative estimate of drug-likeness (QED) is 0.748. The van der Waals surface area contributed by atoms with Crippen molar-refractivity contribution in [1.82, 2.24) is 14.3 Å². The molecule has 1 N–H and O–H groups in total. The Kier molecular flexibility index (Phi) is 6.50. The summed E-state index contributed by atoms with van der Waals surface area (Å²) in [7, 11) is 1.80. The summed E-state index contributed by atoms with van der Waals surface area (Å²) in [6, 6.07) is 9.36. The van der Waals surface area contributed by atoms with E-state index in [1.54, 1.807) is 16.4 Å². The molecule has 2 fully saturated rings. The third-order valence-electron chi connectivity index (χ3n) is 6.91. The van der Waals surface area contributed by atoms with Crippen molar-refractivity contribution in [3.05, 3.63) is 46.4 Å². The molecule has 0 bridgehead atoms. The lowest BCUT2D eigenvalue weighted by atomic mass is 9.78. The molecule has 32 heavy (non-hydrogen) atoms. The molecule has 1 aromatic heterocycles. The molecular formula is C24H32N4O4. The van der Waals surface area contributed by atoms with Crippen LogP contribution in [0.5, 0.6) is 0 Å². The van der Waals surface area contributed by atoms with E-state index in [9.17, 15) is 14.4 Å². The zero-order valence-corrected chi connectivity index (χ0v) is 18.9. The molecule has 2 amide bonds. The van der Waals surface area contributed by atoms with Crippen LogP contribution in [0.3, 0.4) is 0 Å². The van der Waals surface area contributed by atoms with Crippen LogP contribution in [0.25, 0.3) is 5.69 Å². The molecule has 1 aromatic carbocycles. The van der Waals surface area contributed by atoms with Crippen LogP contribution in [0.1, 0.15) is 44.2 Å². The van der Waals surface area contributed by atoms with Crippen LogP contribution in [0.4, 0.5) is 5.69 Å². The molecule has 0 spiro atoms. The first-order valence-electron chi connectivity index (χ1n) is 11.4. The molecule has 0 atom stereocenters. The molecule has 1 aliphatic heterocycles. The summed E-state index contributed by atoms with van der Waals surface area (Å²) in [6.45, 7) is 4.19. The van der Waals surface area contributed by atoms with Gasteiger partial charge >= 0.3 is 0 Å². The number of morpholine rings is 1. The molecule has 2 heterocycles. The highest BCUT2D eigenvalue weighted by Gasteiger charge is 2.39. The Morgan fingerprint density at radius 1 is 1.06 bits per heavy atom. The fourth-order valence-corrected chi connectivity index (χ4v) is 5.02. The van der Waals surface area contributed by atoms with Crippen LogP contribution >= 0.6 is 0 Å². The normalized spacial score (nSPS) is 18.0. The molecule has 0 unspecified atom stereocenters. The summed E-state index contributed by atoms with van der Waals surface area (Å²) in [4.78, 5) is 40.9. The second-order valence-corrected chi connectivity index (χ2v) is 9.04. The van der Waals surface area contributed by atoms with E-state index in [2.05, 4.69) is 5.32 Å². The first-order valence-corrected chi connectivity index (χ1v) is 11.4. The largest absolute Gasteiger partial charge is 0.378 e. The molecule has 172 valence electrons. The molecule has 4 rings (SSSR count). The average molecular weight is 441 g/mol. The van der Waals surface area contributed by atoms with Crippen molar-refractivity contribution in [2.24, 2.45) is 12.5 Å². The number of amides is 2. The number of hydrogen-bond acceptors (Lipinski definition) is 4. The maximum absolute atomic E-state index is 13.1. The molecule has 0 radical (unpaired) electrons. The van der Waals surface area contributed by atoms with Crippen LogP contribution in [-0.2, 0) is 21.4 Å². The van der Waals surface area contributed by atoms with Crippen LogP contribution < -0.4 is 10.9 Å². The van der Waals surface area contributed by atoms with Crippen LogP contribution in [-0.4, -0.2) is 52.4 Å². The summed E-state index contributed by atoms with van der Waals surface area (Å²) < 4.78 is 8.65. The fraction of sp³-hybridized carbons (Fsp3) is 0.542. The van der Waals surface area contributed by atoms with E-state index in [1.807, 2.05) is 42.2 Å². The predicted octanol–water partition coefficient (Wildman–Crippen LogP) is 2.62. The Morgan fingerprint density at radius 3 is 2.38 bits per heavy atom. The minimum Gasteiger partial charge on any atom is -0.378 e. The van der Waals surface area contributed by atoms with Gasteiger partial charge in [-0.1, -0.05) is 31.0 Å². The number of aromatic nitrogens is 2. The highest BCUT2D eigenvalue weighted by Crippen LogP contribution is 2.44. The van der Waals surface area contributed by atoms with E-state index in [0.717, 1.165) is 31.4 Å². The van der Waals surface area contributed by atoms with Gasteiger partial charge in [-0.2, -0.15) is 0 Å². The van der Waals surface area contributed by atoms with Gasteiger partial charge in [0.25, 0.3) is 5.56 Å². The van der Waals surface area contributed by atoms with E-state index in [1.165, 1.54) is 0 Å². The number of ether oxygens (including phenoxy) is 1. The number of anilines is 1. The number of hydrogen-bond donors (Lipinski definition) is 1. The van der Waals surface area contributed by atoms with Crippen molar-refractivity contribution in [2.45, 2.75) is 45.4 Å². The summed E-state index contributed by atoms with van der Waals surface area (Å²) in [5, 5.41) is 2.88. The van der Waals surface area contributed by atoms with Gasteiger partial charge in [0.2, 0.25) is 11.8 Å². The predicted molar refractivity (Wildman–Crippen MR) is 122 cm³/mol. The molecule has 2 aliphatic rings. The number of nitrogens with zero attached hydrogens (tertiary/aromatic N) is 3. The van der Waals surface area contributed by atoms with Gasteiger partial charge in [0.1, 0.15) is 5.69 Å². The van der Waals surface area contributed by atoms with Crippen molar-refractivity contribution in [3.63, 3.8) is 0 Å². The summed E-state index contributed by atoms with van der Waals surface area (Å²) in [5.41, 5.74) is 1.15. The van der Waals surface area contributed by atoms with Gasteiger partial charge in [0.05, 0.1) is 24.6 Å². The SMILES string of the molecule is Cc1c(NC(=O)CC2(CC(=O)N3CCOCC3)CCCC2)c(=O)n(-c2ccccc2)n1C. The molecular weight excluding hydrogens is 408 g/mol. The standard InChI is InChI=1S/C24H32N4O4/c1-18-22(23(31)28(26(18)2)19-8-4-3-5-9-19)25-20(29)16-24(10-6-7-11-24)17-21(30)27-12-14-32-15-13-27/h3-5,8-9H,6-7,10-17H2,1-2H3,(H,25,29). The number of benzene rings is 1. The maximum atomic E-state index is 13.1. The third-order valence-corrected chi connectivity index (χ3v) is 6.91. The Hall–Kier alpha value is -2.87. The Labute approximate surface area is 188 Å². The Bertz CT molecular complexity index is 1030. The van der Waals surface area contributed by atoms with Gasteiger partial charge in [-0.3, -0.25) is 19.1 Å². The van der Waals surface area contributed by atoms with Crippen LogP contribution in [0.15, 0.2) is 35.1 Å². The summed E-state index contributed by atoms with van der Waals surface area (Å²) in [6.07, 6.45) is 4.39. The smallest absolute Gasteiger partial charge is 0.295 e. The van der Waals surface area contributed by atoms with E-state index in [0.29, 0.717) is 44.1 Å². The van der Waals surface area contributed by atoms with Crippen molar-refractivity contribution in [1.29, 1.82) is 0 Å². The number of para-hydroxylation sites is 1. The van der Waals surface area contributed by atoms with Gasteiger partial charge in [-0.15, -0.1) is 0 Å². The van der Waals surface area contributed by atoms with Gasteiger partial charge in [-0.05, 0) is 37.3 Å². The van der Waals surface area contributed by atoms with E-state index in [4.69, 9.17) is 4.74 Å². The van der Waals surface area contributed by atoms with Gasteiger partial charge in [0.15, 0.2) is 0 Å². The lowest BCUT2D eigenvalue weighted by Crippen LogP contribution is -2.43. The monoisotopic (exact) mass is 440 g/mol. The molecule has 8 nitrogen and oxygen atoms in total. The second-order valence-electron chi connectivity index (χ2n) is 9.04. The zero-order chi connectivity index (χ0) is 22.7. The van der Waals surface area contributed by atoms with Crippen molar-refractivity contribution >= 4 is 17.5 Å². The molecule has 1 aliphatic carbocycles. The summed E-state index contributed by atoms with van der Waals surface area (Å²) in [5.74, 6) is -0.0991. The van der Waals surface area contributed by atoms with Gasteiger partial charge in [-0.25, -0.2) is 4.68 Å². The first kappa shape index (κ1) is 22.3. The molecule has 1 saturated heterocycles. The van der Waals surface area contributed by atoms with E-state index in [-0.39, 0.29) is 29.2 Å². The van der Waals surface area contributed by atoms with Crippen molar-refractivity contribution in [3.8, 4) is 5.69 Å². The van der Waals surface area contributed by atoms with Crippen LogP contribution in [0.2, 0.25) is 0 Å². The van der Waals surface area contributed by atoms with Crippen molar-refractivity contribution in [2.75, 3.05) is 31.6 Å². The number of nitrogens with one attached hydrogen (secondary N) is 1. The first-order chi connectivity index (χ1) is 15.4. The minimum atomic E-state index is -0.333. The maximum Gasteiger partial charge on any atom is 0.295 e. The highest BCUT2D eigenvalue weighted by atomic mass is 16.5. The van der Waals surface area contributed by atoms with E-state index >= 15 is 0 Å². The highest BCUT2D eigenvalue weighted by molar-refractivity contribution is 5.92. The third kappa shape index (κ3) is 4.50. The van der Waals surface area contributed by atoms with E-state index < -0.39 is 0 Å². The van der Waals surface area contributed by atoms with Crippen LogP contribution in [0, 0.1) is 12.3 Å². The molecule has 1 saturated carbocycles. The van der Waals surface area contributed by atoms with Crippen molar-refractivity contribution < 1.29 is 14.3 Å². The lowest BCUT2D eigenvalue weighted by molar-refractivity contribution is -0.138. The number of carbonyl (C=O) groups is 2. The Morgan fingerprint density at radius 2 is 1.72 bits per heavy atom. The minimum absolute atomic E-state index is 0.102.